The third-order valence-electron chi connectivity index (χ3n) is 3.39. The van der Waals surface area contributed by atoms with Gasteiger partial charge in [-0.25, -0.2) is 12.8 Å². The van der Waals surface area contributed by atoms with E-state index in [1.165, 1.54) is 30.3 Å². The summed E-state index contributed by atoms with van der Waals surface area (Å²) in [5, 5.41) is 2.53. The van der Waals surface area contributed by atoms with Crippen LogP contribution in [-0.4, -0.2) is 27.4 Å². The largest absolute Gasteiger partial charge is 0.355 e. The first-order chi connectivity index (χ1) is 11.4. The Balaban J connectivity index is 2.50. The first-order valence-corrected chi connectivity index (χ1v) is 8.91. The van der Waals surface area contributed by atoms with Gasteiger partial charge in [0, 0.05) is 6.54 Å². The first-order valence-electron chi connectivity index (χ1n) is 7.47. The highest BCUT2D eigenvalue weighted by atomic mass is 32.2. The molecule has 0 aliphatic carbocycles. The number of sulfonamides is 1. The molecule has 0 unspecified atom stereocenters. The minimum absolute atomic E-state index is 0.000603. The predicted octanol–water partition coefficient (Wildman–Crippen LogP) is 2.47. The van der Waals surface area contributed by atoms with Crippen molar-refractivity contribution in [3.8, 4) is 0 Å². The van der Waals surface area contributed by atoms with Crippen molar-refractivity contribution in [2.24, 2.45) is 0 Å². The Bertz CT molecular complexity index is 820. The van der Waals surface area contributed by atoms with E-state index in [0.29, 0.717) is 6.54 Å². The summed E-state index contributed by atoms with van der Waals surface area (Å²) in [6.45, 7) is 3.42. The zero-order chi connectivity index (χ0) is 17.7. The Morgan fingerprint density at radius 2 is 1.75 bits per heavy atom. The van der Waals surface area contributed by atoms with Crippen LogP contribution in [0.2, 0.25) is 0 Å². The van der Waals surface area contributed by atoms with Gasteiger partial charge < -0.3 is 5.32 Å². The first kappa shape index (κ1) is 17.9. The van der Waals surface area contributed by atoms with Crippen molar-refractivity contribution in [2.45, 2.75) is 18.7 Å². The monoisotopic (exact) mass is 350 g/mol. The highest BCUT2D eigenvalue weighted by molar-refractivity contribution is 7.92. The molecular formula is C17H19FN2O3S. The molecule has 2 aromatic rings. The molecule has 7 heteroatoms. The molecule has 2 rings (SSSR count). The molecule has 0 fully saturated rings. The van der Waals surface area contributed by atoms with Crippen LogP contribution in [0.3, 0.4) is 0 Å². The van der Waals surface area contributed by atoms with Gasteiger partial charge in [-0.05, 0) is 38.1 Å². The highest BCUT2D eigenvalue weighted by Gasteiger charge is 2.28. The summed E-state index contributed by atoms with van der Waals surface area (Å²) < 4.78 is 40.8. The molecule has 128 valence electrons. The number of halogens is 1. The molecule has 0 bridgehead atoms. The fraction of sp³-hybridized carbons (Fsp3) is 0.235. The molecule has 0 heterocycles. The normalized spacial score (nSPS) is 11.1. The predicted molar refractivity (Wildman–Crippen MR) is 90.8 cm³/mol. The summed E-state index contributed by atoms with van der Waals surface area (Å²) in [5.74, 6) is -1.21. The lowest BCUT2D eigenvalue weighted by Gasteiger charge is -2.24. The van der Waals surface area contributed by atoms with Crippen LogP contribution in [0.25, 0.3) is 0 Å². The molecule has 0 atom stereocenters. The number of hydrogen-bond acceptors (Lipinski definition) is 3. The third kappa shape index (κ3) is 3.91. The van der Waals surface area contributed by atoms with E-state index in [1.807, 2.05) is 6.92 Å². The zero-order valence-electron chi connectivity index (χ0n) is 13.5. The average Bonchev–Trinajstić information content (AvgIpc) is 2.54. The third-order valence-corrected chi connectivity index (χ3v) is 5.17. The van der Waals surface area contributed by atoms with Crippen molar-refractivity contribution >= 4 is 21.6 Å². The van der Waals surface area contributed by atoms with Crippen molar-refractivity contribution in [1.82, 2.24) is 5.32 Å². The number of benzene rings is 2. The molecule has 1 N–H and O–H groups in total. The molecule has 0 aliphatic rings. The topological polar surface area (TPSA) is 66.5 Å². The van der Waals surface area contributed by atoms with Crippen LogP contribution < -0.4 is 9.62 Å². The Labute approximate surface area is 141 Å². The molecule has 0 aromatic heterocycles. The molecule has 0 saturated carbocycles. The SMILES string of the molecule is CCNC(=O)CN(c1ccccc1F)S(=O)(=O)c1ccc(C)cc1. The Hall–Kier alpha value is -2.41. The van der Waals surface area contributed by atoms with Crippen molar-refractivity contribution in [1.29, 1.82) is 0 Å². The Kier molecular flexibility index (Phi) is 5.56. The molecule has 0 spiro atoms. The summed E-state index contributed by atoms with van der Waals surface area (Å²) in [6, 6.07) is 11.7. The van der Waals surface area contributed by atoms with Crippen LogP contribution in [0, 0.1) is 12.7 Å². The van der Waals surface area contributed by atoms with Crippen molar-refractivity contribution in [3.05, 3.63) is 59.9 Å². The second-order valence-electron chi connectivity index (χ2n) is 5.23. The lowest BCUT2D eigenvalue weighted by Crippen LogP contribution is -2.41. The molecule has 1 amide bonds. The van der Waals surface area contributed by atoms with Gasteiger partial charge in [0.15, 0.2) is 0 Å². The van der Waals surface area contributed by atoms with E-state index >= 15 is 0 Å². The van der Waals surface area contributed by atoms with Gasteiger partial charge >= 0.3 is 0 Å². The quantitative estimate of drug-likeness (QED) is 0.870. The van der Waals surface area contributed by atoms with Crippen LogP contribution in [0.5, 0.6) is 0 Å². The summed E-state index contributed by atoms with van der Waals surface area (Å²) in [7, 11) is -4.07. The molecule has 0 aliphatic heterocycles. The van der Waals surface area contributed by atoms with E-state index in [0.717, 1.165) is 15.9 Å². The van der Waals surface area contributed by atoms with Crippen LogP contribution in [0.1, 0.15) is 12.5 Å². The number of nitrogens with one attached hydrogen (secondary N) is 1. The lowest BCUT2D eigenvalue weighted by atomic mass is 10.2. The van der Waals surface area contributed by atoms with Crippen LogP contribution in [-0.2, 0) is 14.8 Å². The highest BCUT2D eigenvalue weighted by Crippen LogP contribution is 2.26. The molecule has 5 nitrogen and oxygen atoms in total. The number of carbonyl (C=O) groups is 1. The Morgan fingerprint density at radius 1 is 1.12 bits per heavy atom. The number of rotatable bonds is 6. The second kappa shape index (κ2) is 7.44. The van der Waals surface area contributed by atoms with Gasteiger partial charge in [0.1, 0.15) is 12.4 Å². The maximum absolute atomic E-state index is 14.1. The van der Waals surface area contributed by atoms with E-state index < -0.39 is 28.3 Å². The lowest BCUT2D eigenvalue weighted by molar-refractivity contribution is -0.119. The van der Waals surface area contributed by atoms with E-state index in [-0.39, 0.29) is 10.6 Å². The Morgan fingerprint density at radius 3 is 2.33 bits per heavy atom. The average molecular weight is 350 g/mol. The van der Waals surface area contributed by atoms with Crippen molar-refractivity contribution in [2.75, 3.05) is 17.4 Å². The number of carbonyl (C=O) groups excluding carboxylic acids is 1. The van der Waals surface area contributed by atoms with Crippen LogP contribution >= 0.6 is 0 Å². The number of anilines is 1. The molecule has 0 saturated heterocycles. The van der Waals surface area contributed by atoms with Gasteiger partial charge in [-0.15, -0.1) is 0 Å². The maximum Gasteiger partial charge on any atom is 0.264 e. The summed E-state index contributed by atoms with van der Waals surface area (Å²) >= 11 is 0. The van der Waals surface area contributed by atoms with Gasteiger partial charge in [-0.1, -0.05) is 29.8 Å². The number of likely N-dealkylation sites (N-methyl/N-ethyl adjacent to an activating group) is 1. The minimum Gasteiger partial charge on any atom is -0.355 e. The smallest absolute Gasteiger partial charge is 0.264 e. The summed E-state index contributed by atoms with van der Waals surface area (Å²) in [5.41, 5.74) is 0.736. The number of para-hydroxylation sites is 1. The van der Waals surface area contributed by atoms with E-state index in [9.17, 15) is 17.6 Å². The number of nitrogens with zero attached hydrogens (tertiary/aromatic N) is 1. The van der Waals surface area contributed by atoms with Gasteiger partial charge in [0.25, 0.3) is 10.0 Å². The number of hydrogen-bond donors (Lipinski definition) is 1. The van der Waals surface area contributed by atoms with Gasteiger partial charge in [0.2, 0.25) is 5.91 Å². The fourth-order valence-electron chi connectivity index (χ4n) is 2.17. The molecular weight excluding hydrogens is 331 g/mol. The zero-order valence-corrected chi connectivity index (χ0v) is 14.3. The number of aryl methyl sites for hydroxylation is 1. The summed E-state index contributed by atoms with van der Waals surface area (Å²) in [4.78, 5) is 11.9. The molecule has 24 heavy (non-hydrogen) atoms. The molecule has 0 radical (unpaired) electrons. The minimum atomic E-state index is -4.07. The van der Waals surface area contributed by atoms with Gasteiger partial charge in [-0.2, -0.15) is 0 Å². The van der Waals surface area contributed by atoms with Crippen molar-refractivity contribution in [3.63, 3.8) is 0 Å². The van der Waals surface area contributed by atoms with Crippen LogP contribution in [0.4, 0.5) is 10.1 Å². The van der Waals surface area contributed by atoms with E-state index in [1.54, 1.807) is 19.1 Å². The fourth-order valence-corrected chi connectivity index (χ4v) is 3.60. The van der Waals surface area contributed by atoms with Gasteiger partial charge in [-0.3, -0.25) is 9.10 Å². The van der Waals surface area contributed by atoms with Crippen molar-refractivity contribution < 1.29 is 17.6 Å². The summed E-state index contributed by atoms with van der Waals surface area (Å²) in [6.07, 6.45) is 0. The van der Waals surface area contributed by atoms with E-state index in [4.69, 9.17) is 0 Å². The second-order valence-corrected chi connectivity index (χ2v) is 7.09. The van der Waals surface area contributed by atoms with Gasteiger partial charge in [0.05, 0.1) is 10.6 Å². The molecule has 2 aromatic carbocycles. The standard InChI is InChI=1S/C17H19FN2O3S/c1-3-19-17(21)12-20(16-7-5-4-6-15(16)18)24(22,23)14-10-8-13(2)9-11-14/h4-11H,3,12H2,1-2H3,(H,19,21). The van der Waals surface area contributed by atoms with E-state index in [2.05, 4.69) is 5.32 Å². The van der Waals surface area contributed by atoms with Crippen LogP contribution in [0.15, 0.2) is 53.4 Å². The number of amides is 1. The maximum atomic E-state index is 14.1.